The van der Waals surface area contributed by atoms with Crippen LogP contribution in [0.1, 0.15) is 35.4 Å². The van der Waals surface area contributed by atoms with Crippen LogP contribution >= 0.6 is 0 Å². The van der Waals surface area contributed by atoms with Crippen molar-refractivity contribution < 1.29 is 23.3 Å². The van der Waals surface area contributed by atoms with Gasteiger partial charge >= 0.3 is 18.0 Å². The maximum absolute atomic E-state index is 14.2. The first-order chi connectivity index (χ1) is 20.5. The van der Waals surface area contributed by atoms with Gasteiger partial charge in [0.25, 0.3) is 5.91 Å². The molecule has 3 aliphatic rings. The third kappa shape index (κ3) is 4.33. The van der Waals surface area contributed by atoms with Crippen molar-refractivity contribution in [3.05, 3.63) is 77.8 Å². The van der Waals surface area contributed by atoms with Gasteiger partial charge in [-0.1, -0.05) is 49.2 Å². The van der Waals surface area contributed by atoms with E-state index >= 15 is 0 Å². The Labute approximate surface area is 235 Å². The molecule has 1 aromatic heterocycles. The number of nitrogens with one attached hydrogen (secondary N) is 2. The topological polar surface area (TPSA) is 116 Å². The van der Waals surface area contributed by atoms with Crippen molar-refractivity contribution in [2.75, 3.05) is 24.2 Å². The molecule has 0 unspecified atom stereocenters. The molecular weight excluding hydrogens is 508 g/mol. The van der Waals surface area contributed by atoms with Gasteiger partial charge in [0.05, 0.1) is 23.8 Å². The average molecular weight is 540 g/mol. The number of pyridine rings is 1. The zero-order chi connectivity index (χ0) is 30.5. The molecule has 2 aliphatic heterocycles. The molecule has 2 fully saturated rings. The molecule has 4 amide bonds. The minimum absolute atomic E-state index is 0.0159. The van der Waals surface area contributed by atoms with E-state index in [9.17, 15) is 19.2 Å². The predicted molar refractivity (Wildman–Crippen MR) is 148 cm³/mol. The second kappa shape index (κ2) is 9.75. The van der Waals surface area contributed by atoms with Crippen LogP contribution in [0.15, 0.2) is 60.8 Å². The SMILES string of the molecule is [2H]C([2H])([2H])N(C(=O)C(=O)Nc1cnc2ccccc2c1)[C@@H](CC1CC1)C(=O)N1C[C@]2(C[C@H]1[N+]#[C-])C(=O)Nc1ccccc12. The fourth-order valence-corrected chi connectivity index (χ4v) is 5.71. The normalized spacial score (nSPS) is 23.4. The van der Waals surface area contributed by atoms with E-state index in [0.717, 1.165) is 12.8 Å². The van der Waals surface area contributed by atoms with Crippen molar-refractivity contribution in [1.29, 1.82) is 0 Å². The summed E-state index contributed by atoms with van der Waals surface area (Å²) in [7, 11) is 0. The summed E-state index contributed by atoms with van der Waals surface area (Å²) in [5, 5.41) is 5.96. The summed E-state index contributed by atoms with van der Waals surface area (Å²) < 4.78 is 24.6. The molecule has 1 aliphatic carbocycles. The van der Waals surface area contributed by atoms with E-state index in [1.807, 2.05) is 0 Å². The molecule has 3 aromatic rings. The van der Waals surface area contributed by atoms with Crippen molar-refractivity contribution >= 4 is 45.9 Å². The molecule has 202 valence electrons. The summed E-state index contributed by atoms with van der Waals surface area (Å²) in [6, 6.07) is 14.3. The number of nitrogens with zero attached hydrogens (tertiary/aromatic N) is 4. The van der Waals surface area contributed by atoms with Gasteiger partial charge in [0.2, 0.25) is 5.91 Å². The van der Waals surface area contributed by atoms with E-state index in [0.29, 0.717) is 27.1 Å². The molecule has 3 heterocycles. The van der Waals surface area contributed by atoms with Crippen LogP contribution in [0.3, 0.4) is 0 Å². The quantitative estimate of drug-likeness (QED) is 0.382. The van der Waals surface area contributed by atoms with Gasteiger partial charge in [-0.05, 0) is 36.1 Å². The molecule has 3 atom stereocenters. The Bertz CT molecular complexity index is 1700. The lowest BCUT2D eigenvalue weighted by molar-refractivity contribution is -0.149. The number of hydrogen-bond donors (Lipinski definition) is 2. The highest BCUT2D eigenvalue weighted by molar-refractivity contribution is 6.39. The second-order valence-corrected chi connectivity index (χ2v) is 10.6. The monoisotopic (exact) mass is 539 g/mol. The highest BCUT2D eigenvalue weighted by Crippen LogP contribution is 2.47. The first kappa shape index (κ1) is 22.1. The number of likely N-dealkylation sites (N-methyl/N-ethyl adjacent to an activating group) is 1. The van der Waals surface area contributed by atoms with Crippen molar-refractivity contribution in [2.45, 2.75) is 43.3 Å². The minimum atomic E-state index is -3.15. The van der Waals surface area contributed by atoms with Crippen LogP contribution in [-0.4, -0.2) is 64.1 Å². The number of likely N-dealkylation sites (tertiary alicyclic amines) is 1. The number of aromatic nitrogens is 1. The molecular formula is C30H28N6O4. The summed E-state index contributed by atoms with van der Waals surface area (Å²) in [5.41, 5.74) is 0.936. The van der Waals surface area contributed by atoms with Gasteiger partial charge < -0.3 is 15.5 Å². The van der Waals surface area contributed by atoms with Crippen LogP contribution in [0.5, 0.6) is 0 Å². The summed E-state index contributed by atoms with van der Waals surface area (Å²) in [4.78, 5) is 63.7. The average Bonchev–Trinajstić information content (AvgIpc) is 3.65. The Morgan fingerprint density at radius 1 is 1.25 bits per heavy atom. The van der Waals surface area contributed by atoms with Crippen LogP contribution < -0.4 is 10.6 Å². The first-order valence-corrected chi connectivity index (χ1v) is 13.1. The summed E-state index contributed by atoms with van der Waals surface area (Å²) in [5.74, 6) is -3.76. The van der Waals surface area contributed by atoms with E-state index in [2.05, 4.69) is 20.5 Å². The highest BCUT2D eigenvalue weighted by atomic mass is 16.2. The number of benzene rings is 2. The largest absolute Gasteiger partial charge is 0.325 e. The molecule has 10 heteroatoms. The van der Waals surface area contributed by atoms with E-state index in [1.54, 1.807) is 54.6 Å². The van der Waals surface area contributed by atoms with Crippen LogP contribution in [0.25, 0.3) is 15.7 Å². The molecule has 6 rings (SSSR count). The maximum Gasteiger partial charge on any atom is 0.313 e. The Balaban J connectivity index is 1.30. The lowest BCUT2D eigenvalue weighted by Crippen LogP contribution is -2.53. The van der Waals surface area contributed by atoms with Gasteiger partial charge in [-0.2, -0.15) is 0 Å². The van der Waals surface area contributed by atoms with E-state index in [-0.39, 0.29) is 36.9 Å². The minimum Gasteiger partial charge on any atom is -0.325 e. The first-order valence-electron chi connectivity index (χ1n) is 14.6. The van der Waals surface area contributed by atoms with Crippen LogP contribution in [0, 0.1) is 12.5 Å². The fourth-order valence-electron chi connectivity index (χ4n) is 5.71. The number of carbonyl (C=O) groups excluding carboxylic acids is 4. The molecule has 10 nitrogen and oxygen atoms in total. The molecule has 1 saturated heterocycles. The van der Waals surface area contributed by atoms with Crippen LogP contribution in [0.4, 0.5) is 11.4 Å². The number of anilines is 2. The highest BCUT2D eigenvalue weighted by Gasteiger charge is 2.59. The van der Waals surface area contributed by atoms with E-state index in [4.69, 9.17) is 10.7 Å². The lowest BCUT2D eigenvalue weighted by atomic mass is 9.80. The van der Waals surface area contributed by atoms with E-state index in [1.165, 1.54) is 11.1 Å². The van der Waals surface area contributed by atoms with E-state index < -0.39 is 42.3 Å². The Morgan fingerprint density at radius 2 is 2.02 bits per heavy atom. The summed E-state index contributed by atoms with van der Waals surface area (Å²) >= 11 is 0. The maximum atomic E-state index is 14.2. The summed E-state index contributed by atoms with van der Waals surface area (Å²) in [6.45, 7) is 4.52. The fraction of sp³-hybridized carbons (Fsp3) is 0.333. The van der Waals surface area contributed by atoms with Gasteiger partial charge in [0.15, 0.2) is 0 Å². The third-order valence-electron chi connectivity index (χ3n) is 8.00. The zero-order valence-electron chi connectivity index (χ0n) is 24.5. The number of rotatable bonds is 5. The molecule has 0 radical (unpaired) electrons. The van der Waals surface area contributed by atoms with Gasteiger partial charge in [-0.15, -0.1) is 0 Å². The van der Waals surface area contributed by atoms with Crippen molar-refractivity contribution in [1.82, 2.24) is 14.8 Å². The Hall–Kier alpha value is -4.78. The van der Waals surface area contributed by atoms with Crippen molar-refractivity contribution in [2.24, 2.45) is 5.92 Å². The summed E-state index contributed by atoms with van der Waals surface area (Å²) in [6.07, 6.45) is 1.83. The smallest absolute Gasteiger partial charge is 0.313 e. The molecule has 2 N–H and O–H groups in total. The van der Waals surface area contributed by atoms with Gasteiger partial charge in [0.1, 0.15) is 11.5 Å². The number of hydrogen-bond acceptors (Lipinski definition) is 5. The molecule has 0 bridgehead atoms. The molecule has 1 saturated carbocycles. The van der Waals surface area contributed by atoms with Crippen LogP contribution in [0.2, 0.25) is 0 Å². The number of fused-ring (bicyclic) bond motifs is 3. The van der Waals surface area contributed by atoms with Crippen molar-refractivity contribution in [3.63, 3.8) is 0 Å². The van der Waals surface area contributed by atoms with Gasteiger partial charge in [-0.3, -0.25) is 33.9 Å². The molecule has 1 spiro atoms. The standard InChI is InChI=1S/C30H28N6O4/c1-31-25-15-30(21-8-4-6-10-23(21)34-29(30)40)17-36(25)27(38)24(13-18-11-12-18)35(2)28(39)26(37)33-20-14-19-7-3-5-9-22(19)32-16-20/h3-10,14,16,18,24-25H,11-13,15,17H2,2H3,(H,33,37)(H,34,40)/t24-,25-,30-/m0/s1/i2D3. The second-order valence-electron chi connectivity index (χ2n) is 10.6. The number of carbonyl (C=O) groups is 4. The Kier molecular flexibility index (Phi) is 5.38. The van der Waals surface area contributed by atoms with Crippen molar-refractivity contribution in [3.8, 4) is 0 Å². The Morgan fingerprint density at radius 3 is 2.80 bits per heavy atom. The predicted octanol–water partition coefficient (Wildman–Crippen LogP) is 3.17. The third-order valence-corrected chi connectivity index (χ3v) is 8.00. The number of para-hydroxylation sites is 2. The van der Waals surface area contributed by atoms with Crippen LogP contribution in [-0.2, 0) is 24.6 Å². The number of amides is 4. The van der Waals surface area contributed by atoms with Gasteiger partial charge in [0, 0.05) is 28.7 Å². The van der Waals surface area contributed by atoms with Gasteiger partial charge in [-0.25, -0.2) is 6.57 Å². The lowest BCUT2D eigenvalue weighted by Gasteiger charge is -2.31. The molecule has 2 aromatic carbocycles. The molecule has 40 heavy (non-hydrogen) atoms. The zero-order valence-corrected chi connectivity index (χ0v) is 21.5.